The second kappa shape index (κ2) is 6.18. The molecule has 120 valence electrons. The van der Waals surface area contributed by atoms with Gasteiger partial charge in [0.15, 0.2) is 0 Å². The van der Waals surface area contributed by atoms with E-state index in [1.54, 1.807) is 0 Å². The molecule has 1 saturated carbocycles. The van der Waals surface area contributed by atoms with Crippen molar-refractivity contribution in [3.8, 4) is 0 Å². The van der Waals surface area contributed by atoms with Crippen molar-refractivity contribution in [3.63, 3.8) is 0 Å². The highest BCUT2D eigenvalue weighted by molar-refractivity contribution is 5.89. The molecule has 0 spiro atoms. The molecule has 22 heavy (non-hydrogen) atoms. The highest BCUT2D eigenvalue weighted by atomic mass is 16.6. The van der Waals surface area contributed by atoms with E-state index >= 15 is 0 Å². The molecule has 0 aromatic carbocycles. The average molecular weight is 308 g/mol. The van der Waals surface area contributed by atoms with Gasteiger partial charge in [-0.1, -0.05) is 0 Å². The Balaban J connectivity index is 1.54. The second-order valence-electron chi connectivity index (χ2n) is 6.70. The summed E-state index contributed by atoms with van der Waals surface area (Å²) in [7, 11) is 0. The van der Waals surface area contributed by atoms with Gasteiger partial charge in [-0.2, -0.15) is 0 Å². The molecule has 0 aromatic rings. The van der Waals surface area contributed by atoms with Crippen LogP contribution >= 0.6 is 0 Å². The first-order chi connectivity index (χ1) is 10.5. The van der Waals surface area contributed by atoms with Crippen LogP contribution in [0, 0.1) is 23.7 Å². The van der Waals surface area contributed by atoms with Gasteiger partial charge in [0, 0.05) is 25.7 Å². The van der Waals surface area contributed by atoms with Gasteiger partial charge >= 0.3 is 23.9 Å². The minimum atomic E-state index is -0.413. The van der Waals surface area contributed by atoms with E-state index in [-0.39, 0.29) is 11.8 Å². The van der Waals surface area contributed by atoms with Crippen molar-refractivity contribution in [1.82, 2.24) is 0 Å². The van der Waals surface area contributed by atoms with Crippen molar-refractivity contribution in [2.75, 3.05) is 0 Å². The molecule has 0 bridgehead atoms. The first-order valence-electron chi connectivity index (χ1n) is 7.98. The van der Waals surface area contributed by atoms with Crippen molar-refractivity contribution in [2.45, 2.75) is 51.4 Å². The van der Waals surface area contributed by atoms with E-state index in [1.807, 2.05) is 0 Å². The second-order valence-corrected chi connectivity index (χ2v) is 6.70. The molecule has 3 aliphatic rings. The number of hydrogen-bond acceptors (Lipinski definition) is 6. The van der Waals surface area contributed by atoms with Crippen molar-refractivity contribution in [3.05, 3.63) is 0 Å². The maximum absolute atomic E-state index is 11.4. The molecular formula is C16H20O6. The quantitative estimate of drug-likeness (QED) is 0.570. The predicted octanol–water partition coefficient (Wildman–Crippen LogP) is 1.75. The van der Waals surface area contributed by atoms with Crippen LogP contribution < -0.4 is 0 Å². The summed E-state index contributed by atoms with van der Waals surface area (Å²) in [5.74, 6) is -0.750. The lowest BCUT2D eigenvalue weighted by Crippen LogP contribution is -2.35. The average Bonchev–Trinajstić information content (AvgIpc) is 2.45. The van der Waals surface area contributed by atoms with Gasteiger partial charge < -0.3 is 9.47 Å². The Hall–Kier alpha value is -1.72. The molecule has 2 saturated heterocycles. The summed E-state index contributed by atoms with van der Waals surface area (Å²) in [6.07, 6.45) is 5.08. The lowest BCUT2D eigenvalue weighted by Gasteiger charge is -2.37. The van der Waals surface area contributed by atoms with Crippen molar-refractivity contribution in [2.24, 2.45) is 23.7 Å². The van der Waals surface area contributed by atoms with Crippen molar-refractivity contribution >= 4 is 23.9 Å². The molecule has 0 radical (unpaired) electrons. The van der Waals surface area contributed by atoms with Gasteiger partial charge in [0.1, 0.15) is 0 Å². The van der Waals surface area contributed by atoms with Crippen LogP contribution in [0.2, 0.25) is 0 Å². The summed E-state index contributed by atoms with van der Waals surface area (Å²) in [6, 6.07) is 0. The van der Waals surface area contributed by atoms with Gasteiger partial charge in [-0.25, -0.2) is 0 Å². The number of ether oxygens (including phenoxy) is 2. The van der Waals surface area contributed by atoms with Gasteiger partial charge in [-0.15, -0.1) is 0 Å². The van der Waals surface area contributed by atoms with E-state index in [2.05, 4.69) is 9.47 Å². The number of hydrogen-bond donors (Lipinski definition) is 0. The molecule has 0 aromatic heterocycles. The topological polar surface area (TPSA) is 86.7 Å². The van der Waals surface area contributed by atoms with Crippen LogP contribution in [-0.4, -0.2) is 23.9 Å². The summed E-state index contributed by atoms with van der Waals surface area (Å²) in [5.41, 5.74) is 0. The zero-order chi connectivity index (χ0) is 15.7. The van der Waals surface area contributed by atoms with Crippen LogP contribution in [0.1, 0.15) is 51.4 Å². The van der Waals surface area contributed by atoms with Crippen LogP contribution in [0.15, 0.2) is 0 Å². The third-order valence-corrected chi connectivity index (χ3v) is 5.32. The number of carbonyl (C=O) groups is 4. The number of rotatable bonds is 2. The van der Waals surface area contributed by atoms with E-state index in [9.17, 15) is 19.2 Å². The van der Waals surface area contributed by atoms with Gasteiger partial charge in [0.2, 0.25) is 0 Å². The first kappa shape index (κ1) is 15.2. The summed E-state index contributed by atoms with van der Waals surface area (Å²) in [5, 5.41) is 0. The molecule has 1 aliphatic carbocycles. The first-order valence-corrected chi connectivity index (χ1v) is 7.98. The Morgan fingerprint density at radius 1 is 0.500 bits per heavy atom. The fourth-order valence-electron chi connectivity index (χ4n) is 4.18. The highest BCUT2D eigenvalue weighted by Crippen LogP contribution is 2.42. The van der Waals surface area contributed by atoms with Gasteiger partial charge in [0.05, 0.1) is 0 Å². The molecule has 0 amide bonds. The van der Waals surface area contributed by atoms with Gasteiger partial charge in [0.25, 0.3) is 0 Å². The summed E-state index contributed by atoms with van der Waals surface area (Å²) >= 11 is 0. The third-order valence-electron chi connectivity index (χ3n) is 5.32. The van der Waals surface area contributed by atoms with E-state index in [4.69, 9.17) is 0 Å². The van der Waals surface area contributed by atoms with Crippen LogP contribution in [0.5, 0.6) is 0 Å². The van der Waals surface area contributed by atoms with Crippen molar-refractivity contribution < 1.29 is 28.7 Å². The fourth-order valence-corrected chi connectivity index (χ4v) is 4.18. The largest absolute Gasteiger partial charge is 0.393 e. The summed E-state index contributed by atoms with van der Waals surface area (Å²) in [4.78, 5) is 45.5. The highest BCUT2D eigenvalue weighted by Gasteiger charge is 2.38. The molecule has 0 N–H and O–H groups in total. The Morgan fingerprint density at radius 3 is 1.05 bits per heavy atom. The lowest BCUT2D eigenvalue weighted by atomic mass is 9.69. The zero-order valence-corrected chi connectivity index (χ0v) is 12.4. The monoisotopic (exact) mass is 308 g/mol. The normalized spacial score (nSPS) is 31.8. The fraction of sp³-hybridized carbons (Fsp3) is 0.750. The van der Waals surface area contributed by atoms with Crippen LogP contribution in [0.25, 0.3) is 0 Å². The predicted molar refractivity (Wildman–Crippen MR) is 73.1 cm³/mol. The minimum Gasteiger partial charge on any atom is -0.393 e. The number of cyclic esters (lactones) is 4. The zero-order valence-electron chi connectivity index (χ0n) is 12.4. The molecule has 2 aliphatic heterocycles. The summed E-state index contributed by atoms with van der Waals surface area (Å²) in [6.45, 7) is 0. The lowest BCUT2D eigenvalue weighted by molar-refractivity contribution is -0.169. The molecule has 6 heteroatoms. The van der Waals surface area contributed by atoms with E-state index in [0.29, 0.717) is 37.5 Å². The maximum atomic E-state index is 11.4. The molecule has 2 heterocycles. The van der Waals surface area contributed by atoms with E-state index in [0.717, 1.165) is 25.7 Å². The Labute approximate surface area is 128 Å². The minimum absolute atomic E-state index is 0.0904. The van der Waals surface area contributed by atoms with Gasteiger partial charge in [-0.3, -0.25) is 19.2 Å². The van der Waals surface area contributed by atoms with Crippen LogP contribution in [-0.2, 0) is 28.7 Å². The van der Waals surface area contributed by atoms with Crippen molar-refractivity contribution in [1.29, 1.82) is 0 Å². The number of esters is 4. The standard InChI is InChI=1S/C16H20O6/c17-13-5-11(6-14(18)21-13)9-1-2-10(4-3-9)12-7-15(19)22-16(20)8-12/h9-12H,1-8H2. The Bertz CT molecular complexity index is 425. The molecule has 3 fully saturated rings. The van der Waals surface area contributed by atoms with E-state index in [1.165, 1.54) is 0 Å². The van der Waals surface area contributed by atoms with Gasteiger partial charge in [-0.05, 0) is 49.4 Å². The molecular weight excluding hydrogens is 288 g/mol. The number of carbonyl (C=O) groups excluding carboxylic acids is 4. The smallest absolute Gasteiger partial charge is 0.313 e. The Kier molecular flexibility index (Phi) is 4.27. The molecule has 6 nitrogen and oxygen atoms in total. The molecule has 0 atom stereocenters. The molecule has 0 unspecified atom stereocenters. The maximum Gasteiger partial charge on any atom is 0.313 e. The molecule has 3 rings (SSSR count). The Morgan fingerprint density at radius 2 is 0.773 bits per heavy atom. The van der Waals surface area contributed by atoms with E-state index < -0.39 is 23.9 Å². The summed E-state index contributed by atoms with van der Waals surface area (Å²) < 4.78 is 9.16. The third kappa shape index (κ3) is 3.36. The van der Waals surface area contributed by atoms with Crippen LogP contribution in [0.3, 0.4) is 0 Å². The van der Waals surface area contributed by atoms with Crippen LogP contribution in [0.4, 0.5) is 0 Å². The SMILES string of the molecule is O=C1CC(C2CCC(C3CC(=O)OC(=O)C3)CC2)CC(=O)O1.